The molecule has 11 amide bonds. The van der Waals surface area contributed by atoms with E-state index in [4.69, 9.17) is 28.7 Å². The minimum atomic E-state index is -1.64. The highest BCUT2D eigenvalue weighted by Gasteiger charge is 2.39. The Labute approximate surface area is 582 Å². The van der Waals surface area contributed by atoms with Gasteiger partial charge >= 0.3 is 11.9 Å². The second-order valence-corrected chi connectivity index (χ2v) is 27.0. The van der Waals surface area contributed by atoms with E-state index in [1.54, 1.807) is 69.2 Å². The molecule has 0 saturated heterocycles. The fourth-order valence-corrected chi connectivity index (χ4v) is 10.2. The number of hydrogen-bond donors (Lipinski definition) is 20. The zero-order chi connectivity index (χ0) is 75.1. The van der Waals surface area contributed by atoms with E-state index in [-0.39, 0.29) is 119 Å². The first-order valence-corrected chi connectivity index (χ1v) is 34.8. The predicted octanol–water partition coefficient (Wildman–Crippen LogP) is -2.28. The molecule has 0 bridgehead atoms. The average molecular weight is 1410 g/mol. The summed E-state index contributed by atoms with van der Waals surface area (Å²) in [5.41, 5.74) is 28.7. The van der Waals surface area contributed by atoms with Crippen LogP contribution in [0.25, 0.3) is 0 Å². The number of aliphatic hydroxyl groups excluding tert-OH is 1. The summed E-state index contributed by atoms with van der Waals surface area (Å²) in [7, 11) is 0. The van der Waals surface area contributed by atoms with E-state index >= 15 is 0 Å². The summed E-state index contributed by atoms with van der Waals surface area (Å²) in [4.78, 5) is 183. The lowest BCUT2D eigenvalue weighted by atomic mass is 9.96. The third-order valence-electron chi connectivity index (χ3n) is 16.3. The highest BCUT2D eigenvalue weighted by Crippen LogP contribution is 2.17. The van der Waals surface area contributed by atoms with Gasteiger partial charge in [0.2, 0.25) is 65.0 Å². The van der Waals surface area contributed by atoms with Gasteiger partial charge in [-0.3, -0.25) is 62.5 Å². The molecule has 0 spiro atoms. The molecular formula is C64H119N17O16S. The van der Waals surface area contributed by atoms with Crippen LogP contribution in [0.3, 0.4) is 0 Å². The molecule has 24 N–H and O–H groups in total. The summed E-state index contributed by atoms with van der Waals surface area (Å²) >= 11 is 4.21. The van der Waals surface area contributed by atoms with E-state index in [9.17, 15) is 77.6 Å². The van der Waals surface area contributed by atoms with Gasteiger partial charge in [0.1, 0.15) is 66.5 Å². The second-order valence-electron chi connectivity index (χ2n) is 26.6. The van der Waals surface area contributed by atoms with Crippen LogP contribution >= 0.6 is 12.6 Å². The minimum Gasteiger partial charge on any atom is -0.481 e. The molecule has 0 radical (unpaired) electrons. The Hall–Kier alpha value is -7.43. The van der Waals surface area contributed by atoms with Crippen molar-refractivity contribution in [3.05, 3.63) is 0 Å². The van der Waals surface area contributed by atoms with Crippen molar-refractivity contribution in [3.63, 3.8) is 0 Å². The molecule has 0 saturated carbocycles. The highest BCUT2D eigenvalue weighted by atomic mass is 32.1. The van der Waals surface area contributed by atoms with Gasteiger partial charge in [-0.25, -0.2) is 4.79 Å². The van der Waals surface area contributed by atoms with Gasteiger partial charge in [0.05, 0.1) is 12.6 Å². The number of rotatable bonds is 51. The normalized spacial score (nSPS) is 15.7. The molecule has 14 atom stereocenters. The molecule has 562 valence electrons. The third-order valence-corrected chi connectivity index (χ3v) is 16.6. The number of carbonyl (C=O) groups excluding carboxylic acids is 11. The van der Waals surface area contributed by atoms with Crippen LogP contribution in [0.1, 0.15) is 179 Å². The Balaban J connectivity index is 7.17. The summed E-state index contributed by atoms with van der Waals surface area (Å²) < 4.78 is 0. The van der Waals surface area contributed by atoms with E-state index in [2.05, 4.69) is 76.1 Å². The topological polar surface area (TPSA) is 557 Å². The monoisotopic (exact) mass is 1410 g/mol. The van der Waals surface area contributed by atoms with Crippen LogP contribution in [-0.4, -0.2) is 203 Å². The lowest BCUT2D eigenvalue weighted by molar-refractivity contribution is -0.142. The lowest BCUT2D eigenvalue weighted by Crippen LogP contribution is -2.62. The van der Waals surface area contributed by atoms with Crippen LogP contribution in [-0.2, 0) is 62.3 Å². The maximum atomic E-state index is 14.6. The number of nitrogens with one attached hydrogen (secondary N) is 11. The van der Waals surface area contributed by atoms with Crippen LogP contribution in [0.4, 0.5) is 0 Å². The zero-order valence-corrected chi connectivity index (χ0v) is 60.4. The lowest BCUT2D eigenvalue weighted by Gasteiger charge is -2.30. The standard InChI is InChI=1S/C64H119N17O16S/c1-13-37(11)50(80-54(87)41(22-19-27-70-64(68)69)71-58(91)46(31-82)78-57(90)44(29-34(5)6)76-60(93)49(67)36(9)10)61(94)73-39(20-15-17-25-65)52(85)75-43(28-33(3)4)56(89)72-42(23-24-48(83)84)55(88)81-51(38(12)14-2)62(95)74-40(21-16-18-26-66)53(86)79-47(32-98)59(92)77-45(63(96)97)30-35(7)8/h33-47,49-51,82,98H,13-32,65-67H2,1-12H3,(H,71,91)(H,72,89)(H,73,94)(H,74,95)(H,75,85)(H,76,93)(H,77,92)(H,78,90)(H,79,86)(H,80,87)(H,81,88)(H,83,84)(H,96,97)(H4,68,69,70)/t37-,38-,39-,40-,41-,42-,43-,44-,45-,46-,47-,49-,50-,51-/m0/s1. The average Bonchev–Trinajstić information content (AvgIpc) is 0.861. The quantitative estimate of drug-likeness (QED) is 0.0132. The van der Waals surface area contributed by atoms with E-state index in [1.165, 1.54) is 0 Å². The molecule has 0 aromatic heterocycles. The van der Waals surface area contributed by atoms with E-state index in [0.717, 1.165) is 0 Å². The number of amides is 11. The second kappa shape index (κ2) is 48.3. The molecule has 0 aliphatic heterocycles. The number of hydrogen-bond acceptors (Lipinski definition) is 19. The summed E-state index contributed by atoms with van der Waals surface area (Å²) in [5.74, 6) is -14.7. The number of nitrogens with two attached hydrogens (primary N) is 5. The van der Waals surface area contributed by atoms with Crippen molar-refractivity contribution < 1.29 is 77.6 Å². The van der Waals surface area contributed by atoms with E-state index < -0.39 is 181 Å². The van der Waals surface area contributed by atoms with Gasteiger partial charge in [-0.05, 0) is 126 Å². The van der Waals surface area contributed by atoms with Gasteiger partial charge in [0.15, 0.2) is 5.96 Å². The molecule has 0 heterocycles. The SMILES string of the molecule is CC[C@H](C)[C@H](NC(=O)[C@H](CCC(=O)O)NC(=O)[C@H](CC(C)C)NC(=O)[C@H](CCCCN)NC(=O)[C@@H](NC(=O)[C@H](CCCN=C(N)N)NC(=O)[C@H](CO)NC(=O)[C@H](CC(C)C)NC(=O)[C@@H](N)C(C)C)[C@@H](C)CC)C(=O)N[C@@H](CCCCN)C(=O)N[C@@H](CS)C(=O)N[C@@H](CC(C)C)C(=O)O. The molecule has 0 unspecified atom stereocenters. The van der Waals surface area contributed by atoms with Crippen molar-refractivity contribution in [2.75, 3.05) is 32.0 Å². The smallest absolute Gasteiger partial charge is 0.326 e. The van der Waals surface area contributed by atoms with Gasteiger partial charge in [-0.2, -0.15) is 12.6 Å². The summed E-state index contributed by atoms with van der Waals surface area (Å²) in [6.07, 6.45) is 0.945. The minimum absolute atomic E-state index is 0.000644. The van der Waals surface area contributed by atoms with Crippen LogP contribution in [0.2, 0.25) is 0 Å². The maximum Gasteiger partial charge on any atom is 0.326 e. The molecular weight excluding hydrogens is 1290 g/mol. The molecule has 34 heteroatoms. The fraction of sp³-hybridized carbons (Fsp3) is 0.781. The number of thiol groups is 1. The molecule has 0 rings (SSSR count). The molecule has 0 fully saturated rings. The number of unbranched alkanes of at least 4 members (excludes halogenated alkanes) is 2. The molecule has 0 aromatic carbocycles. The summed E-state index contributed by atoms with van der Waals surface area (Å²) in [6, 6.07) is -16.4. The zero-order valence-electron chi connectivity index (χ0n) is 59.5. The van der Waals surface area contributed by atoms with Crippen molar-refractivity contribution >= 4 is 95.5 Å². The van der Waals surface area contributed by atoms with Gasteiger partial charge in [0.25, 0.3) is 0 Å². The van der Waals surface area contributed by atoms with Crippen molar-refractivity contribution in [2.24, 2.45) is 69.2 Å². The van der Waals surface area contributed by atoms with Gasteiger partial charge in [-0.1, -0.05) is 95.9 Å². The first-order valence-electron chi connectivity index (χ1n) is 34.1. The molecule has 98 heavy (non-hydrogen) atoms. The largest absolute Gasteiger partial charge is 0.481 e. The number of carbonyl (C=O) groups is 13. The number of carboxylic acid groups (broad SMARTS) is 2. The fourth-order valence-electron chi connectivity index (χ4n) is 9.96. The van der Waals surface area contributed by atoms with Crippen LogP contribution in [0.5, 0.6) is 0 Å². The van der Waals surface area contributed by atoms with Crippen LogP contribution in [0.15, 0.2) is 4.99 Å². The Morgan fingerprint density at radius 2 is 0.724 bits per heavy atom. The number of nitrogens with zero attached hydrogens (tertiary/aromatic N) is 1. The number of aliphatic imine (C=N–C) groups is 1. The number of aliphatic carboxylic acids is 2. The number of carboxylic acids is 2. The van der Waals surface area contributed by atoms with E-state index in [0.29, 0.717) is 19.3 Å². The number of guanidine groups is 1. The van der Waals surface area contributed by atoms with Crippen LogP contribution < -0.4 is 87.2 Å². The Bertz CT molecular complexity index is 2600. The highest BCUT2D eigenvalue weighted by molar-refractivity contribution is 7.80. The Morgan fingerprint density at radius 3 is 1.08 bits per heavy atom. The van der Waals surface area contributed by atoms with Crippen molar-refractivity contribution in [1.82, 2.24) is 58.5 Å². The van der Waals surface area contributed by atoms with Crippen molar-refractivity contribution in [3.8, 4) is 0 Å². The number of aliphatic hydroxyl groups is 1. The molecule has 33 nitrogen and oxygen atoms in total. The molecule has 0 aromatic rings. The van der Waals surface area contributed by atoms with Gasteiger partial charge < -0.3 is 102 Å². The van der Waals surface area contributed by atoms with Gasteiger partial charge in [0, 0.05) is 18.7 Å². The first kappa shape index (κ1) is 90.6. The third kappa shape index (κ3) is 35.4. The van der Waals surface area contributed by atoms with E-state index in [1.807, 2.05) is 13.8 Å². The van der Waals surface area contributed by atoms with Crippen molar-refractivity contribution in [2.45, 2.75) is 252 Å². The predicted molar refractivity (Wildman–Crippen MR) is 372 cm³/mol. The Morgan fingerprint density at radius 1 is 0.408 bits per heavy atom. The maximum absolute atomic E-state index is 14.6. The Kier molecular flexibility index (Phi) is 44.7. The van der Waals surface area contributed by atoms with Gasteiger partial charge in [-0.15, -0.1) is 0 Å². The summed E-state index contributed by atoms with van der Waals surface area (Å²) in [6.45, 7) is 20.3. The molecule has 0 aliphatic rings. The molecule has 0 aliphatic carbocycles. The van der Waals surface area contributed by atoms with Crippen molar-refractivity contribution in [1.29, 1.82) is 0 Å². The van der Waals surface area contributed by atoms with Crippen LogP contribution in [0, 0.1) is 35.5 Å². The summed E-state index contributed by atoms with van der Waals surface area (Å²) in [5, 5.41) is 58.5. The first-order chi connectivity index (χ1) is 45.9.